The molecule has 1 aromatic heterocycles. The number of benzene rings is 2. The van der Waals surface area contributed by atoms with E-state index in [-0.39, 0.29) is 0 Å². The van der Waals surface area contributed by atoms with Crippen molar-refractivity contribution < 1.29 is 13.9 Å². The van der Waals surface area contributed by atoms with E-state index in [1.807, 2.05) is 48.5 Å². The predicted molar refractivity (Wildman–Crippen MR) is 92.2 cm³/mol. The third kappa shape index (κ3) is 2.82. The van der Waals surface area contributed by atoms with Crippen LogP contribution in [0.3, 0.4) is 0 Å². The molecule has 0 amide bonds. The summed E-state index contributed by atoms with van der Waals surface area (Å²) in [5, 5.41) is 0. The first-order valence-electron chi connectivity index (χ1n) is 7.53. The molecule has 0 N–H and O–H groups in total. The van der Waals surface area contributed by atoms with Gasteiger partial charge in [-0.25, -0.2) is 0 Å². The molecule has 1 heterocycles. The molecular formula is C20H20O3. The van der Waals surface area contributed by atoms with Gasteiger partial charge in [0.05, 0.1) is 14.2 Å². The standard InChI is InChI=1S/C20H20O3/c1-13-14(2)20(16-7-11-18(22-4)12-8-16)23-19(13)15-5-9-17(21-3)10-6-15/h5-12H,1-4H3. The molecular weight excluding hydrogens is 288 g/mol. The summed E-state index contributed by atoms with van der Waals surface area (Å²) in [6, 6.07) is 15.8. The van der Waals surface area contributed by atoms with Crippen molar-refractivity contribution in [1.29, 1.82) is 0 Å². The van der Waals surface area contributed by atoms with Crippen LogP contribution < -0.4 is 9.47 Å². The van der Waals surface area contributed by atoms with Crippen LogP contribution in [0.4, 0.5) is 0 Å². The molecule has 3 heteroatoms. The van der Waals surface area contributed by atoms with Crippen LogP contribution in [0.15, 0.2) is 52.9 Å². The molecule has 0 aliphatic heterocycles. The maximum absolute atomic E-state index is 6.18. The van der Waals surface area contributed by atoms with Crippen LogP contribution in [0, 0.1) is 13.8 Å². The predicted octanol–water partition coefficient (Wildman–Crippen LogP) is 5.25. The minimum atomic E-state index is 0.838. The molecule has 0 aliphatic rings. The van der Waals surface area contributed by atoms with E-state index in [0.29, 0.717) is 0 Å². The normalized spacial score (nSPS) is 10.6. The second-order valence-electron chi connectivity index (χ2n) is 5.47. The summed E-state index contributed by atoms with van der Waals surface area (Å²) in [5.74, 6) is 3.47. The largest absolute Gasteiger partial charge is 0.497 e. The fourth-order valence-electron chi connectivity index (χ4n) is 2.63. The molecule has 3 aromatic rings. The highest BCUT2D eigenvalue weighted by molar-refractivity contribution is 5.72. The smallest absolute Gasteiger partial charge is 0.137 e. The van der Waals surface area contributed by atoms with Crippen molar-refractivity contribution in [2.24, 2.45) is 0 Å². The number of methoxy groups -OCH3 is 2. The molecule has 0 bridgehead atoms. The van der Waals surface area contributed by atoms with Crippen LogP contribution in [-0.4, -0.2) is 14.2 Å². The van der Waals surface area contributed by atoms with Crippen molar-refractivity contribution in [3.05, 3.63) is 59.7 Å². The number of hydrogen-bond acceptors (Lipinski definition) is 3. The van der Waals surface area contributed by atoms with Crippen LogP contribution in [0.2, 0.25) is 0 Å². The van der Waals surface area contributed by atoms with Crippen molar-refractivity contribution in [3.8, 4) is 34.1 Å². The van der Waals surface area contributed by atoms with E-state index in [2.05, 4.69) is 13.8 Å². The SMILES string of the molecule is COc1ccc(-c2oc(-c3ccc(OC)cc3)c(C)c2C)cc1. The maximum Gasteiger partial charge on any atom is 0.137 e. The fourth-order valence-corrected chi connectivity index (χ4v) is 2.63. The molecule has 0 aliphatic carbocycles. The van der Waals surface area contributed by atoms with Crippen molar-refractivity contribution in [2.75, 3.05) is 14.2 Å². The summed E-state index contributed by atoms with van der Waals surface area (Å²) < 4.78 is 16.6. The van der Waals surface area contributed by atoms with Crippen molar-refractivity contribution in [1.82, 2.24) is 0 Å². The molecule has 0 radical (unpaired) electrons. The quantitative estimate of drug-likeness (QED) is 0.660. The number of hydrogen-bond donors (Lipinski definition) is 0. The molecule has 118 valence electrons. The van der Waals surface area contributed by atoms with Crippen LogP contribution in [-0.2, 0) is 0 Å². The van der Waals surface area contributed by atoms with Gasteiger partial charge in [-0.3, -0.25) is 0 Å². The lowest BCUT2D eigenvalue weighted by Gasteiger charge is -2.03. The van der Waals surface area contributed by atoms with Gasteiger partial charge in [0.1, 0.15) is 23.0 Å². The Bertz CT molecular complexity index is 728. The first kappa shape index (κ1) is 15.2. The molecule has 23 heavy (non-hydrogen) atoms. The molecule has 3 nitrogen and oxygen atoms in total. The minimum absolute atomic E-state index is 0.838. The maximum atomic E-state index is 6.18. The Hall–Kier alpha value is -2.68. The van der Waals surface area contributed by atoms with Gasteiger partial charge >= 0.3 is 0 Å². The van der Waals surface area contributed by atoms with Crippen molar-refractivity contribution >= 4 is 0 Å². The Labute approximate surface area is 136 Å². The lowest BCUT2D eigenvalue weighted by molar-refractivity contribution is 0.415. The summed E-state index contributed by atoms with van der Waals surface area (Å²) in [6.07, 6.45) is 0. The fraction of sp³-hybridized carbons (Fsp3) is 0.200. The topological polar surface area (TPSA) is 31.6 Å². The van der Waals surface area contributed by atoms with Gasteiger partial charge in [-0.2, -0.15) is 0 Å². The van der Waals surface area contributed by atoms with Crippen LogP contribution in [0.25, 0.3) is 22.6 Å². The summed E-state index contributed by atoms with van der Waals surface area (Å²) >= 11 is 0. The molecule has 3 rings (SSSR count). The van der Waals surface area contributed by atoms with E-state index < -0.39 is 0 Å². The van der Waals surface area contributed by atoms with E-state index >= 15 is 0 Å². The van der Waals surface area contributed by atoms with Crippen LogP contribution >= 0.6 is 0 Å². The van der Waals surface area contributed by atoms with Gasteiger partial charge in [-0.15, -0.1) is 0 Å². The van der Waals surface area contributed by atoms with Crippen LogP contribution in [0.1, 0.15) is 11.1 Å². The first-order valence-corrected chi connectivity index (χ1v) is 7.53. The average Bonchev–Trinajstić information content (AvgIpc) is 2.91. The summed E-state index contributed by atoms with van der Waals surface area (Å²) in [7, 11) is 3.33. The second-order valence-corrected chi connectivity index (χ2v) is 5.47. The number of furan rings is 1. The van der Waals surface area contributed by atoms with E-state index in [1.54, 1.807) is 14.2 Å². The lowest BCUT2D eigenvalue weighted by atomic mass is 10.0. The third-order valence-electron chi connectivity index (χ3n) is 4.15. The Morgan fingerprint density at radius 2 is 0.957 bits per heavy atom. The van der Waals surface area contributed by atoms with Crippen LogP contribution in [0.5, 0.6) is 11.5 Å². The molecule has 2 aromatic carbocycles. The highest BCUT2D eigenvalue weighted by Crippen LogP contribution is 2.37. The summed E-state index contributed by atoms with van der Waals surface area (Å²) in [6.45, 7) is 4.18. The Balaban J connectivity index is 2.03. The highest BCUT2D eigenvalue weighted by atomic mass is 16.5. The Morgan fingerprint density at radius 1 is 0.609 bits per heavy atom. The van der Waals surface area contributed by atoms with Gasteiger partial charge in [-0.1, -0.05) is 0 Å². The van der Waals surface area contributed by atoms with Gasteiger partial charge in [0, 0.05) is 11.1 Å². The monoisotopic (exact) mass is 308 g/mol. The average molecular weight is 308 g/mol. The molecule has 0 fully saturated rings. The molecule has 0 atom stereocenters. The van der Waals surface area contributed by atoms with Gasteiger partial charge < -0.3 is 13.9 Å². The molecule has 0 saturated carbocycles. The Morgan fingerprint density at radius 3 is 1.26 bits per heavy atom. The van der Waals surface area contributed by atoms with E-state index in [1.165, 1.54) is 0 Å². The molecule has 0 spiro atoms. The van der Waals surface area contributed by atoms with E-state index in [0.717, 1.165) is 45.3 Å². The zero-order valence-electron chi connectivity index (χ0n) is 13.8. The first-order chi connectivity index (χ1) is 11.1. The number of ether oxygens (including phenoxy) is 2. The van der Waals surface area contributed by atoms with Gasteiger partial charge in [0.15, 0.2) is 0 Å². The van der Waals surface area contributed by atoms with Gasteiger partial charge in [0.2, 0.25) is 0 Å². The van der Waals surface area contributed by atoms with Crippen molar-refractivity contribution in [3.63, 3.8) is 0 Å². The van der Waals surface area contributed by atoms with Gasteiger partial charge in [-0.05, 0) is 73.5 Å². The lowest BCUT2D eigenvalue weighted by Crippen LogP contribution is -1.83. The van der Waals surface area contributed by atoms with Gasteiger partial charge in [0.25, 0.3) is 0 Å². The minimum Gasteiger partial charge on any atom is -0.497 e. The zero-order chi connectivity index (χ0) is 16.4. The summed E-state index contributed by atoms with van der Waals surface area (Å²) in [5.41, 5.74) is 4.40. The van der Waals surface area contributed by atoms with Crippen molar-refractivity contribution in [2.45, 2.75) is 13.8 Å². The zero-order valence-corrected chi connectivity index (χ0v) is 13.8. The van der Waals surface area contributed by atoms with E-state index in [9.17, 15) is 0 Å². The second kappa shape index (κ2) is 6.21. The highest BCUT2D eigenvalue weighted by Gasteiger charge is 2.16. The Kier molecular flexibility index (Phi) is 4.11. The molecule has 0 saturated heterocycles. The number of rotatable bonds is 4. The van der Waals surface area contributed by atoms with E-state index in [4.69, 9.17) is 13.9 Å². The molecule has 0 unspecified atom stereocenters. The third-order valence-corrected chi connectivity index (χ3v) is 4.15. The summed E-state index contributed by atoms with van der Waals surface area (Å²) in [4.78, 5) is 0.